The minimum absolute atomic E-state index is 0.586. The summed E-state index contributed by atoms with van der Waals surface area (Å²) in [5, 5.41) is 6.95. The average Bonchev–Trinajstić information content (AvgIpc) is 1.66. The molecule has 0 amide bonds. The zero-order valence-corrected chi connectivity index (χ0v) is 5.31. The van der Waals surface area contributed by atoms with Gasteiger partial charge in [-0.1, -0.05) is 18.2 Å². The van der Waals surface area contributed by atoms with Gasteiger partial charge in [-0.05, 0) is 19.9 Å². The van der Waals surface area contributed by atoms with Crippen LogP contribution in [-0.2, 0) is 0 Å². The average molecular weight is 109 g/mol. The lowest BCUT2D eigenvalue weighted by Gasteiger charge is -1.76. The van der Waals surface area contributed by atoms with Crippen LogP contribution in [0.3, 0.4) is 0 Å². The molecule has 0 bridgehead atoms. The lowest BCUT2D eigenvalue weighted by atomic mass is 10.3. The van der Waals surface area contributed by atoms with Crippen molar-refractivity contribution in [1.29, 1.82) is 5.41 Å². The van der Waals surface area contributed by atoms with Crippen molar-refractivity contribution in [2.45, 2.75) is 13.8 Å². The van der Waals surface area contributed by atoms with Crippen LogP contribution in [0.15, 0.2) is 24.3 Å². The van der Waals surface area contributed by atoms with Crippen LogP contribution in [0.1, 0.15) is 13.8 Å². The number of rotatable bonds is 2. The fraction of sp³-hybridized carbons (Fsp3) is 0.286. The summed E-state index contributed by atoms with van der Waals surface area (Å²) < 4.78 is 0. The summed E-state index contributed by atoms with van der Waals surface area (Å²) in [6.45, 7) is 3.70. The van der Waals surface area contributed by atoms with Crippen LogP contribution in [0.4, 0.5) is 0 Å². The fourth-order valence-corrected chi connectivity index (χ4v) is 0.311. The molecule has 0 saturated carbocycles. The van der Waals surface area contributed by atoms with E-state index in [4.69, 9.17) is 5.41 Å². The van der Waals surface area contributed by atoms with Crippen molar-refractivity contribution in [3.05, 3.63) is 24.3 Å². The van der Waals surface area contributed by atoms with E-state index in [1.54, 1.807) is 13.0 Å². The van der Waals surface area contributed by atoms with Crippen LogP contribution in [-0.4, -0.2) is 5.71 Å². The molecule has 0 spiro atoms. The van der Waals surface area contributed by atoms with Crippen LogP contribution in [0.25, 0.3) is 0 Å². The first-order chi connectivity index (χ1) is 3.77. The fourth-order valence-electron chi connectivity index (χ4n) is 0.311. The highest BCUT2D eigenvalue weighted by Crippen LogP contribution is 1.77. The van der Waals surface area contributed by atoms with Crippen molar-refractivity contribution in [2.75, 3.05) is 0 Å². The predicted octanol–water partition coefficient (Wildman–Crippen LogP) is 2.16. The summed E-state index contributed by atoms with van der Waals surface area (Å²) in [5.74, 6) is 0. The maximum Gasteiger partial charge on any atom is 0.0282 e. The molecule has 0 aromatic carbocycles. The van der Waals surface area contributed by atoms with Gasteiger partial charge in [0.25, 0.3) is 0 Å². The lowest BCUT2D eigenvalue weighted by molar-refractivity contribution is 1.50. The molecule has 44 valence electrons. The SMILES string of the molecule is C/C=C\C=C/C(C)=N. The molecule has 0 aliphatic heterocycles. The number of allylic oxidation sites excluding steroid dienone is 4. The Morgan fingerprint density at radius 1 is 1.38 bits per heavy atom. The highest BCUT2D eigenvalue weighted by molar-refractivity contribution is 5.90. The third-order valence-electron chi connectivity index (χ3n) is 0.650. The van der Waals surface area contributed by atoms with Crippen LogP contribution < -0.4 is 0 Å². The monoisotopic (exact) mass is 109 g/mol. The zero-order valence-electron chi connectivity index (χ0n) is 5.31. The van der Waals surface area contributed by atoms with E-state index in [1.165, 1.54) is 0 Å². The smallest absolute Gasteiger partial charge is 0.0282 e. The molecule has 1 heteroatoms. The first kappa shape index (κ1) is 7.15. The second-order valence-corrected chi connectivity index (χ2v) is 1.57. The Morgan fingerprint density at radius 3 is 2.38 bits per heavy atom. The quantitative estimate of drug-likeness (QED) is 0.415. The molecule has 0 heterocycles. The van der Waals surface area contributed by atoms with Crippen molar-refractivity contribution in [3.8, 4) is 0 Å². The third kappa shape index (κ3) is 5.15. The zero-order chi connectivity index (χ0) is 6.41. The molecular formula is C7H11N. The van der Waals surface area contributed by atoms with Gasteiger partial charge in [0, 0.05) is 5.71 Å². The standard InChI is InChI=1S/C7H11N/c1-3-4-5-6-7(2)8/h3-6,8H,1-2H3/b4-3-,6-5-,8-7?. The Kier molecular flexibility index (Phi) is 3.85. The normalized spacial score (nSPS) is 11.2. The lowest BCUT2D eigenvalue weighted by Crippen LogP contribution is -1.75. The van der Waals surface area contributed by atoms with Gasteiger partial charge in [-0.15, -0.1) is 0 Å². The van der Waals surface area contributed by atoms with Gasteiger partial charge in [-0.25, -0.2) is 0 Å². The van der Waals surface area contributed by atoms with E-state index in [-0.39, 0.29) is 0 Å². The molecule has 0 aliphatic rings. The topological polar surface area (TPSA) is 23.9 Å². The van der Waals surface area contributed by atoms with E-state index < -0.39 is 0 Å². The van der Waals surface area contributed by atoms with Crippen molar-refractivity contribution < 1.29 is 0 Å². The first-order valence-electron chi connectivity index (χ1n) is 2.62. The highest BCUT2D eigenvalue weighted by Gasteiger charge is 1.69. The number of hydrogen-bond acceptors (Lipinski definition) is 1. The van der Waals surface area contributed by atoms with Crippen molar-refractivity contribution in [2.24, 2.45) is 0 Å². The van der Waals surface area contributed by atoms with E-state index in [2.05, 4.69) is 0 Å². The minimum Gasteiger partial charge on any atom is -0.306 e. The molecule has 0 atom stereocenters. The molecule has 0 fully saturated rings. The Hall–Kier alpha value is -0.850. The molecule has 0 saturated heterocycles. The molecular weight excluding hydrogens is 98.1 g/mol. The molecule has 0 rings (SSSR count). The van der Waals surface area contributed by atoms with Crippen molar-refractivity contribution in [1.82, 2.24) is 0 Å². The Labute approximate surface area is 50.2 Å². The van der Waals surface area contributed by atoms with Gasteiger partial charge in [0.2, 0.25) is 0 Å². The van der Waals surface area contributed by atoms with Gasteiger partial charge in [0.1, 0.15) is 0 Å². The maximum absolute atomic E-state index is 6.95. The molecule has 8 heavy (non-hydrogen) atoms. The van der Waals surface area contributed by atoms with Crippen molar-refractivity contribution in [3.63, 3.8) is 0 Å². The summed E-state index contributed by atoms with van der Waals surface area (Å²) in [7, 11) is 0. The van der Waals surface area contributed by atoms with Gasteiger partial charge in [-0.2, -0.15) is 0 Å². The summed E-state index contributed by atoms with van der Waals surface area (Å²) in [6, 6.07) is 0. The Morgan fingerprint density at radius 2 is 2.00 bits per heavy atom. The molecule has 0 unspecified atom stereocenters. The van der Waals surface area contributed by atoms with Crippen LogP contribution in [0.5, 0.6) is 0 Å². The Balaban J connectivity index is 3.50. The van der Waals surface area contributed by atoms with Crippen molar-refractivity contribution >= 4 is 5.71 Å². The predicted molar refractivity (Wildman–Crippen MR) is 37.4 cm³/mol. The van der Waals surface area contributed by atoms with Gasteiger partial charge in [-0.3, -0.25) is 0 Å². The third-order valence-corrected chi connectivity index (χ3v) is 0.650. The molecule has 0 radical (unpaired) electrons. The van der Waals surface area contributed by atoms with Gasteiger partial charge in [0.05, 0.1) is 0 Å². The largest absolute Gasteiger partial charge is 0.306 e. The first-order valence-corrected chi connectivity index (χ1v) is 2.62. The second-order valence-electron chi connectivity index (χ2n) is 1.57. The van der Waals surface area contributed by atoms with Crippen LogP contribution in [0.2, 0.25) is 0 Å². The number of nitrogens with one attached hydrogen (secondary N) is 1. The Bertz CT molecular complexity index is 120. The van der Waals surface area contributed by atoms with Gasteiger partial charge >= 0.3 is 0 Å². The molecule has 1 nitrogen and oxygen atoms in total. The summed E-state index contributed by atoms with van der Waals surface area (Å²) in [6.07, 6.45) is 7.43. The van der Waals surface area contributed by atoms with E-state index in [1.807, 2.05) is 25.2 Å². The maximum atomic E-state index is 6.95. The summed E-state index contributed by atoms with van der Waals surface area (Å²) >= 11 is 0. The summed E-state index contributed by atoms with van der Waals surface area (Å²) in [5.41, 5.74) is 0.586. The molecule has 0 aliphatic carbocycles. The minimum atomic E-state index is 0.586. The van der Waals surface area contributed by atoms with Crippen LogP contribution >= 0.6 is 0 Å². The molecule has 0 aromatic heterocycles. The number of hydrogen-bond donors (Lipinski definition) is 1. The molecule has 0 aromatic rings. The van der Waals surface area contributed by atoms with Gasteiger partial charge in [0.15, 0.2) is 0 Å². The molecule has 1 N–H and O–H groups in total. The van der Waals surface area contributed by atoms with E-state index in [9.17, 15) is 0 Å². The second kappa shape index (κ2) is 4.31. The van der Waals surface area contributed by atoms with Gasteiger partial charge < -0.3 is 5.41 Å². The van der Waals surface area contributed by atoms with Crippen LogP contribution in [0, 0.1) is 5.41 Å². The van der Waals surface area contributed by atoms with E-state index in [0.29, 0.717) is 5.71 Å². The van der Waals surface area contributed by atoms with E-state index >= 15 is 0 Å². The highest BCUT2D eigenvalue weighted by atomic mass is 14.4. The summed E-state index contributed by atoms with van der Waals surface area (Å²) in [4.78, 5) is 0. The van der Waals surface area contributed by atoms with E-state index in [0.717, 1.165) is 0 Å².